The predicted molar refractivity (Wildman–Crippen MR) is 165 cm³/mol. The molecule has 0 unspecified atom stereocenters. The molecule has 1 saturated heterocycles. The Balaban J connectivity index is 1.25. The van der Waals surface area contributed by atoms with E-state index in [1.54, 1.807) is 28.9 Å². The van der Waals surface area contributed by atoms with Crippen LogP contribution in [0.3, 0.4) is 0 Å². The topological polar surface area (TPSA) is 101 Å². The molecule has 2 amide bonds. The SMILES string of the molecule is CC(C)c1ccccc1N1C(=O)CS/C1=N\N=C\c1ccc(-c2cc(NC(=O)c3ccc(OC(F)(F)F)cc3)nn2C)cc1. The number of para-hydroxylation sites is 1. The minimum atomic E-state index is -4.81. The van der Waals surface area contributed by atoms with Gasteiger partial charge >= 0.3 is 6.36 Å². The van der Waals surface area contributed by atoms with E-state index in [-0.39, 0.29) is 23.2 Å². The lowest BCUT2D eigenvalue weighted by atomic mass is 10.0. The molecule has 13 heteroatoms. The summed E-state index contributed by atoms with van der Waals surface area (Å²) >= 11 is 1.34. The molecule has 226 valence electrons. The number of alkyl halides is 3. The Bertz CT molecular complexity index is 1730. The van der Waals surface area contributed by atoms with Gasteiger partial charge in [0.1, 0.15) is 5.75 Å². The third-order valence-electron chi connectivity index (χ3n) is 6.59. The number of aromatic nitrogens is 2. The number of nitrogens with zero attached hydrogens (tertiary/aromatic N) is 5. The highest BCUT2D eigenvalue weighted by Gasteiger charge is 2.32. The minimum Gasteiger partial charge on any atom is -0.406 e. The van der Waals surface area contributed by atoms with Crippen molar-refractivity contribution in [1.82, 2.24) is 9.78 Å². The van der Waals surface area contributed by atoms with Crippen molar-refractivity contribution < 1.29 is 27.5 Å². The Kier molecular flexibility index (Phi) is 8.86. The smallest absolute Gasteiger partial charge is 0.406 e. The maximum absolute atomic E-state index is 12.7. The summed E-state index contributed by atoms with van der Waals surface area (Å²) < 4.78 is 42.6. The van der Waals surface area contributed by atoms with Gasteiger partial charge in [0.25, 0.3) is 5.91 Å². The fourth-order valence-corrected chi connectivity index (χ4v) is 5.35. The van der Waals surface area contributed by atoms with Gasteiger partial charge in [-0.25, -0.2) is 0 Å². The molecule has 5 rings (SSSR count). The van der Waals surface area contributed by atoms with Crippen LogP contribution >= 0.6 is 11.8 Å². The monoisotopic (exact) mass is 620 g/mol. The summed E-state index contributed by atoms with van der Waals surface area (Å²) in [4.78, 5) is 26.9. The average molecular weight is 621 g/mol. The van der Waals surface area contributed by atoms with Crippen LogP contribution < -0.4 is 15.0 Å². The molecule has 0 saturated carbocycles. The van der Waals surface area contributed by atoms with E-state index in [2.05, 4.69) is 39.2 Å². The first-order valence-electron chi connectivity index (χ1n) is 13.5. The number of hydrogen-bond acceptors (Lipinski definition) is 7. The highest BCUT2D eigenvalue weighted by atomic mass is 32.2. The summed E-state index contributed by atoms with van der Waals surface area (Å²) in [5, 5.41) is 16.1. The molecule has 4 aromatic rings. The lowest BCUT2D eigenvalue weighted by Gasteiger charge is -2.20. The number of benzene rings is 3. The largest absolute Gasteiger partial charge is 0.573 e. The van der Waals surface area contributed by atoms with Crippen LogP contribution in [0.2, 0.25) is 0 Å². The second-order valence-corrected chi connectivity index (χ2v) is 11.0. The molecule has 1 aliphatic heterocycles. The fourth-order valence-electron chi connectivity index (χ4n) is 4.53. The number of halogens is 3. The van der Waals surface area contributed by atoms with Gasteiger partial charge in [-0.15, -0.1) is 18.3 Å². The van der Waals surface area contributed by atoms with Gasteiger partial charge in [-0.1, -0.05) is 68.1 Å². The van der Waals surface area contributed by atoms with Crippen molar-refractivity contribution >= 4 is 46.5 Å². The Morgan fingerprint density at radius 3 is 2.45 bits per heavy atom. The zero-order valence-electron chi connectivity index (χ0n) is 23.9. The van der Waals surface area contributed by atoms with E-state index in [9.17, 15) is 22.8 Å². The first kappa shape index (κ1) is 30.5. The van der Waals surface area contributed by atoms with Crippen molar-refractivity contribution in [2.75, 3.05) is 16.0 Å². The summed E-state index contributed by atoms with van der Waals surface area (Å²) in [5.41, 5.74) is 4.35. The number of carbonyl (C=O) groups is 2. The summed E-state index contributed by atoms with van der Waals surface area (Å²) in [7, 11) is 1.73. The van der Waals surface area contributed by atoms with Crippen LogP contribution in [0.25, 0.3) is 11.3 Å². The highest BCUT2D eigenvalue weighted by molar-refractivity contribution is 8.15. The van der Waals surface area contributed by atoms with Crippen LogP contribution in [0.1, 0.15) is 41.3 Å². The Hall–Kier alpha value is -4.91. The molecule has 0 atom stereocenters. The summed E-state index contributed by atoms with van der Waals surface area (Å²) in [6.45, 7) is 4.16. The van der Waals surface area contributed by atoms with Crippen molar-refractivity contribution in [2.45, 2.75) is 26.1 Å². The summed E-state index contributed by atoms with van der Waals surface area (Å²) in [6.07, 6.45) is -3.21. The number of aryl methyl sites for hydroxylation is 1. The van der Waals surface area contributed by atoms with E-state index in [0.717, 1.165) is 40.2 Å². The third-order valence-corrected chi connectivity index (χ3v) is 7.51. The molecule has 0 aliphatic carbocycles. The molecule has 9 nitrogen and oxygen atoms in total. The van der Waals surface area contributed by atoms with Crippen LogP contribution in [0.5, 0.6) is 5.75 Å². The molecule has 3 aromatic carbocycles. The van der Waals surface area contributed by atoms with E-state index in [4.69, 9.17) is 0 Å². The van der Waals surface area contributed by atoms with E-state index < -0.39 is 18.0 Å². The number of anilines is 2. The molecular formula is C31H27F3N6O3S. The Morgan fingerprint density at radius 2 is 1.77 bits per heavy atom. The number of amidine groups is 1. The maximum atomic E-state index is 12.7. The lowest BCUT2D eigenvalue weighted by Crippen LogP contribution is -2.30. The zero-order valence-corrected chi connectivity index (χ0v) is 24.7. The normalized spacial score (nSPS) is 14.7. The molecule has 0 spiro atoms. The van der Waals surface area contributed by atoms with Crippen LogP contribution in [0.4, 0.5) is 24.7 Å². The van der Waals surface area contributed by atoms with Gasteiger partial charge < -0.3 is 10.1 Å². The number of rotatable bonds is 8. The van der Waals surface area contributed by atoms with Gasteiger partial charge in [0.2, 0.25) is 5.91 Å². The van der Waals surface area contributed by atoms with Gasteiger partial charge in [-0.05, 0) is 52.9 Å². The quantitative estimate of drug-likeness (QED) is 0.172. The molecule has 0 bridgehead atoms. The van der Waals surface area contributed by atoms with Crippen LogP contribution in [-0.4, -0.2) is 45.1 Å². The van der Waals surface area contributed by atoms with Crippen LogP contribution in [0, 0.1) is 0 Å². The first-order chi connectivity index (χ1) is 21.0. The highest BCUT2D eigenvalue weighted by Crippen LogP contribution is 2.33. The molecule has 2 heterocycles. The summed E-state index contributed by atoms with van der Waals surface area (Å²) in [5.74, 6) is -0.182. The number of amides is 2. The number of ether oxygens (including phenoxy) is 1. The minimum absolute atomic E-state index is 0.0402. The maximum Gasteiger partial charge on any atom is 0.573 e. The van der Waals surface area contributed by atoms with Crippen LogP contribution in [-0.2, 0) is 11.8 Å². The van der Waals surface area contributed by atoms with E-state index in [0.29, 0.717) is 10.9 Å². The Labute approximate surface area is 255 Å². The number of thioether (sulfide) groups is 1. The van der Waals surface area contributed by atoms with Gasteiger partial charge in [0, 0.05) is 18.7 Å². The van der Waals surface area contributed by atoms with Crippen molar-refractivity contribution in [3.05, 3.63) is 95.6 Å². The molecule has 1 fully saturated rings. The third kappa shape index (κ3) is 7.17. The number of carbonyl (C=O) groups excluding carboxylic acids is 2. The van der Waals surface area contributed by atoms with Crippen molar-refractivity contribution in [2.24, 2.45) is 17.3 Å². The fraction of sp³-hybridized carbons (Fsp3) is 0.194. The van der Waals surface area contributed by atoms with Crippen molar-refractivity contribution in [1.29, 1.82) is 0 Å². The summed E-state index contributed by atoms with van der Waals surface area (Å²) in [6, 6.07) is 21.5. The van der Waals surface area contributed by atoms with Gasteiger partial charge in [-0.2, -0.15) is 10.2 Å². The molecule has 0 radical (unpaired) electrons. The lowest BCUT2D eigenvalue weighted by molar-refractivity contribution is -0.274. The van der Waals surface area contributed by atoms with Crippen LogP contribution in [0.15, 0.2) is 89.1 Å². The first-order valence-corrected chi connectivity index (χ1v) is 14.4. The van der Waals surface area contributed by atoms with Gasteiger partial charge in [0.15, 0.2) is 11.0 Å². The second-order valence-electron chi connectivity index (χ2n) is 10.0. The Morgan fingerprint density at radius 1 is 1.07 bits per heavy atom. The van der Waals surface area contributed by atoms with E-state index >= 15 is 0 Å². The molecular weight excluding hydrogens is 593 g/mol. The molecule has 1 aromatic heterocycles. The standard InChI is InChI=1S/C31H27F3N6O3S/c1-19(2)24-6-4-5-7-25(24)40-28(41)18-44-30(40)37-35-17-20-8-10-21(11-9-20)26-16-27(38-39(26)3)36-29(42)22-12-14-23(15-13-22)43-31(32,33)34/h4-17,19H,18H2,1-3H3,(H,36,38,42)/b35-17+,37-30-. The molecule has 44 heavy (non-hydrogen) atoms. The van der Waals surface area contributed by atoms with E-state index in [1.807, 2.05) is 48.5 Å². The van der Waals surface area contributed by atoms with Crippen molar-refractivity contribution in [3.8, 4) is 17.0 Å². The zero-order chi connectivity index (χ0) is 31.4. The van der Waals surface area contributed by atoms with Crippen molar-refractivity contribution in [3.63, 3.8) is 0 Å². The molecule has 1 aliphatic rings. The number of nitrogens with one attached hydrogen (secondary N) is 1. The molecule has 1 N–H and O–H groups in total. The second kappa shape index (κ2) is 12.8. The predicted octanol–water partition coefficient (Wildman–Crippen LogP) is 6.83. The van der Waals surface area contributed by atoms with Gasteiger partial charge in [-0.3, -0.25) is 19.2 Å². The van der Waals surface area contributed by atoms with E-state index in [1.165, 1.54) is 23.9 Å². The number of hydrogen-bond donors (Lipinski definition) is 1. The van der Waals surface area contributed by atoms with Gasteiger partial charge in [0.05, 0.1) is 23.3 Å². The average Bonchev–Trinajstić information content (AvgIpc) is 3.53.